The molecular formula is C31H43N3O5. The fourth-order valence-corrected chi connectivity index (χ4v) is 5.87. The van der Waals surface area contributed by atoms with E-state index in [1.54, 1.807) is 14.2 Å². The molecule has 8 heteroatoms. The topological polar surface area (TPSA) is 69.4 Å². The number of nitrogens with zero attached hydrogens (tertiary/aromatic N) is 3. The molecule has 0 unspecified atom stereocenters. The van der Waals surface area contributed by atoms with Crippen LogP contribution in [0.4, 0.5) is 0 Å². The second-order valence-electron chi connectivity index (χ2n) is 10.7. The van der Waals surface area contributed by atoms with E-state index in [0.29, 0.717) is 31.2 Å². The van der Waals surface area contributed by atoms with Crippen LogP contribution in [0.2, 0.25) is 0 Å². The summed E-state index contributed by atoms with van der Waals surface area (Å²) in [6.45, 7) is 7.42. The minimum atomic E-state index is 0.550. The third-order valence-corrected chi connectivity index (χ3v) is 7.89. The van der Waals surface area contributed by atoms with Crippen LogP contribution >= 0.6 is 0 Å². The maximum atomic E-state index is 6.08. The third-order valence-electron chi connectivity index (χ3n) is 7.89. The molecule has 0 N–H and O–H groups in total. The van der Waals surface area contributed by atoms with Crippen molar-refractivity contribution in [2.45, 2.75) is 50.6 Å². The van der Waals surface area contributed by atoms with Crippen LogP contribution in [0.25, 0.3) is 22.6 Å². The van der Waals surface area contributed by atoms with Crippen LogP contribution in [0.5, 0.6) is 11.5 Å². The van der Waals surface area contributed by atoms with Crippen molar-refractivity contribution in [3.63, 3.8) is 0 Å². The number of likely N-dealkylation sites (tertiary alicyclic amines) is 2. The summed E-state index contributed by atoms with van der Waals surface area (Å²) in [6.07, 6.45) is 6.96. The molecule has 3 aromatic rings. The zero-order valence-electron chi connectivity index (χ0n) is 23.5. The van der Waals surface area contributed by atoms with Crippen LogP contribution in [0, 0.1) is 0 Å². The van der Waals surface area contributed by atoms with E-state index in [9.17, 15) is 0 Å². The molecule has 2 aliphatic heterocycles. The lowest BCUT2D eigenvalue weighted by Crippen LogP contribution is -2.34. The van der Waals surface area contributed by atoms with Crippen molar-refractivity contribution in [3.05, 3.63) is 42.5 Å². The van der Waals surface area contributed by atoms with Gasteiger partial charge in [-0.3, -0.25) is 9.80 Å². The summed E-state index contributed by atoms with van der Waals surface area (Å²) in [6, 6.07) is 14.9. The summed E-state index contributed by atoms with van der Waals surface area (Å²) < 4.78 is 28.8. The molecule has 0 spiro atoms. The highest BCUT2D eigenvalue weighted by Crippen LogP contribution is 2.28. The normalized spacial score (nSPS) is 20.3. The summed E-state index contributed by atoms with van der Waals surface area (Å²) in [7, 11) is 3.57. The van der Waals surface area contributed by atoms with Gasteiger partial charge in [0.05, 0.1) is 26.4 Å². The second-order valence-corrected chi connectivity index (χ2v) is 10.7. The van der Waals surface area contributed by atoms with E-state index in [-0.39, 0.29) is 0 Å². The number of ether oxygens (including phenoxy) is 4. The first kappa shape index (κ1) is 27.9. The van der Waals surface area contributed by atoms with E-state index < -0.39 is 0 Å². The van der Waals surface area contributed by atoms with Gasteiger partial charge in [-0.1, -0.05) is 0 Å². The fourth-order valence-electron chi connectivity index (χ4n) is 5.87. The van der Waals surface area contributed by atoms with Crippen LogP contribution in [0.1, 0.15) is 38.5 Å². The highest BCUT2D eigenvalue weighted by atomic mass is 16.5. The Kier molecular flexibility index (Phi) is 10.1. The molecule has 2 fully saturated rings. The maximum absolute atomic E-state index is 6.08. The molecule has 1 aromatic heterocycles. The molecular weight excluding hydrogens is 494 g/mol. The Labute approximate surface area is 232 Å². The molecule has 5 rings (SSSR count). The largest absolute Gasteiger partial charge is 0.494 e. The second kappa shape index (κ2) is 14.1. The van der Waals surface area contributed by atoms with Crippen LogP contribution < -0.4 is 9.47 Å². The Morgan fingerprint density at radius 3 is 2.00 bits per heavy atom. The Morgan fingerprint density at radius 1 is 0.795 bits per heavy atom. The molecule has 39 heavy (non-hydrogen) atoms. The number of aromatic nitrogens is 1. The molecule has 2 aromatic carbocycles. The number of rotatable bonds is 15. The van der Waals surface area contributed by atoms with E-state index in [4.69, 9.17) is 23.4 Å². The molecule has 2 aliphatic rings. The highest BCUT2D eigenvalue weighted by Gasteiger charge is 2.24. The minimum Gasteiger partial charge on any atom is -0.494 e. The lowest BCUT2D eigenvalue weighted by molar-refractivity contribution is 0.111. The van der Waals surface area contributed by atoms with Gasteiger partial charge in [0.15, 0.2) is 5.58 Å². The Morgan fingerprint density at radius 2 is 1.38 bits per heavy atom. The van der Waals surface area contributed by atoms with Crippen molar-refractivity contribution >= 4 is 11.1 Å². The summed E-state index contributed by atoms with van der Waals surface area (Å²) in [5.41, 5.74) is 2.48. The van der Waals surface area contributed by atoms with Crippen molar-refractivity contribution in [1.29, 1.82) is 0 Å². The van der Waals surface area contributed by atoms with Crippen LogP contribution in [0.15, 0.2) is 46.9 Å². The van der Waals surface area contributed by atoms with Gasteiger partial charge in [-0.15, -0.1) is 0 Å². The first-order chi connectivity index (χ1) is 19.2. The highest BCUT2D eigenvalue weighted by molar-refractivity contribution is 5.77. The quantitative estimate of drug-likeness (QED) is 0.243. The predicted octanol–water partition coefficient (Wildman–Crippen LogP) is 5.25. The van der Waals surface area contributed by atoms with E-state index >= 15 is 0 Å². The first-order valence-electron chi connectivity index (χ1n) is 14.5. The van der Waals surface area contributed by atoms with Gasteiger partial charge in [0.25, 0.3) is 0 Å². The zero-order valence-corrected chi connectivity index (χ0v) is 23.5. The van der Waals surface area contributed by atoms with Gasteiger partial charge in [-0.05, 0) is 88.0 Å². The number of hydrogen-bond acceptors (Lipinski definition) is 8. The van der Waals surface area contributed by atoms with E-state index in [1.165, 1.54) is 25.7 Å². The van der Waals surface area contributed by atoms with Gasteiger partial charge in [0.2, 0.25) is 5.89 Å². The van der Waals surface area contributed by atoms with Gasteiger partial charge in [-0.2, -0.15) is 0 Å². The van der Waals surface area contributed by atoms with Gasteiger partial charge < -0.3 is 23.4 Å². The zero-order chi connectivity index (χ0) is 26.9. The Balaban J connectivity index is 1.07. The van der Waals surface area contributed by atoms with Crippen LogP contribution in [-0.2, 0) is 9.47 Å². The Bertz CT molecular complexity index is 1150. The molecule has 212 valence electrons. The summed E-state index contributed by atoms with van der Waals surface area (Å²) in [5.74, 6) is 2.28. The molecule has 0 bridgehead atoms. The molecule has 2 atom stereocenters. The fraction of sp³-hybridized carbons (Fsp3) is 0.581. The van der Waals surface area contributed by atoms with Crippen molar-refractivity contribution in [2.24, 2.45) is 0 Å². The molecule has 0 radical (unpaired) electrons. The number of hydrogen-bond donors (Lipinski definition) is 0. The van der Waals surface area contributed by atoms with Gasteiger partial charge in [-0.25, -0.2) is 4.98 Å². The molecule has 0 aliphatic carbocycles. The number of oxazole rings is 1. The van der Waals surface area contributed by atoms with Gasteiger partial charge in [0.1, 0.15) is 17.0 Å². The van der Waals surface area contributed by atoms with E-state index in [1.807, 2.05) is 42.5 Å². The lowest BCUT2D eigenvalue weighted by Gasteiger charge is -2.23. The summed E-state index contributed by atoms with van der Waals surface area (Å²) >= 11 is 0. The summed E-state index contributed by atoms with van der Waals surface area (Å²) in [4.78, 5) is 9.71. The minimum absolute atomic E-state index is 0.550. The lowest BCUT2D eigenvalue weighted by atomic mass is 10.2. The van der Waals surface area contributed by atoms with Crippen molar-refractivity contribution < 1.29 is 23.4 Å². The average molecular weight is 538 g/mol. The van der Waals surface area contributed by atoms with Gasteiger partial charge >= 0.3 is 0 Å². The standard InChI is InChI=1S/C31H43N3O5/c1-35-22-25-7-3-15-33(25)17-5-19-37-27-11-9-24(10-12-27)31-32-29-14-13-28(21-30(29)39-31)38-20-6-18-34-16-4-8-26(34)23-36-2/h9-14,21,25-26H,3-8,15-20,22-23H2,1-2H3/t25-,26-/m0/s1. The molecule has 0 amide bonds. The average Bonchev–Trinajstić information content (AvgIpc) is 3.70. The smallest absolute Gasteiger partial charge is 0.227 e. The third kappa shape index (κ3) is 7.51. The maximum Gasteiger partial charge on any atom is 0.227 e. The van der Waals surface area contributed by atoms with Crippen LogP contribution in [0.3, 0.4) is 0 Å². The molecule has 2 saturated heterocycles. The first-order valence-corrected chi connectivity index (χ1v) is 14.5. The SMILES string of the molecule is COC[C@@H]1CCCN1CCCOc1ccc(-c2nc3ccc(OCCCN4CCC[C@H]4COC)cc3o2)cc1. The van der Waals surface area contributed by atoms with Crippen molar-refractivity contribution in [2.75, 3.05) is 66.8 Å². The predicted molar refractivity (Wildman–Crippen MR) is 153 cm³/mol. The monoisotopic (exact) mass is 537 g/mol. The van der Waals surface area contributed by atoms with Gasteiger partial charge in [0, 0.05) is 51.0 Å². The summed E-state index contributed by atoms with van der Waals surface area (Å²) in [5, 5.41) is 0. The van der Waals surface area contributed by atoms with E-state index in [0.717, 1.165) is 80.4 Å². The number of benzene rings is 2. The molecule has 3 heterocycles. The van der Waals surface area contributed by atoms with Crippen molar-refractivity contribution in [1.82, 2.24) is 14.8 Å². The number of methoxy groups -OCH3 is 2. The van der Waals surface area contributed by atoms with Crippen LogP contribution in [-0.4, -0.2) is 93.7 Å². The Hall–Kier alpha value is -2.65. The van der Waals surface area contributed by atoms with E-state index in [2.05, 4.69) is 14.8 Å². The molecule has 0 saturated carbocycles. The number of fused-ring (bicyclic) bond motifs is 1. The molecule has 8 nitrogen and oxygen atoms in total. The van der Waals surface area contributed by atoms with Crippen molar-refractivity contribution in [3.8, 4) is 23.0 Å².